The monoisotopic (exact) mass is 422 g/mol. The second-order valence-electron chi connectivity index (χ2n) is 5.75. The molecule has 2 rings (SSSR count). The van der Waals surface area contributed by atoms with Gasteiger partial charge in [0.1, 0.15) is 5.75 Å². The van der Waals surface area contributed by atoms with E-state index in [0.29, 0.717) is 42.6 Å². The topological polar surface area (TPSA) is 78.4 Å². The molecule has 0 saturated carbocycles. The maximum absolute atomic E-state index is 12.5. The van der Waals surface area contributed by atoms with Crippen LogP contribution in [0.5, 0.6) is 23.0 Å². The van der Waals surface area contributed by atoms with Crippen LogP contribution in [0.15, 0.2) is 41.5 Å². The zero-order valence-corrected chi connectivity index (χ0v) is 17.0. The van der Waals surface area contributed by atoms with Gasteiger partial charge in [-0.25, -0.2) is 5.43 Å². The SMILES string of the molecule is CCOc1cc(C(=O)N/N=C/c2ccc(OC(F)F)cc2)cc(OCC)c1OCC. The molecule has 1 N–H and O–H groups in total. The largest absolute Gasteiger partial charge is 0.490 e. The number of hydrogen-bond donors (Lipinski definition) is 1. The number of rotatable bonds is 11. The molecule has 9 heteroatoms. The van der Waals surface area contributed by atoms with Gasteiger partial charge in [-0.1, -0.05) is 0 Å². The number of nitrogens with zero attached hydrogens (tertiary/aromatic N) is 1. The Balaban J connectivity index is 2.14. The smallest absolute Gasteiger partial charge is 0.387 e. The molecule has 0 spiro atoms. The maximum atomic E-state index is 12.5. The quantitative estimate of drug-likeness (QED) is 0.433. The molecule has 2 aromatic carbocycles. The first-order valence-electron chi connectivity index (χ1n) is 9.43. The lowest BCUT2D eigenvalue weighted by molar-refractivity contribution is -0.0498. The molecule has 162 valence electrons. The molecule has 0 aliphatic rings. The van der Waals surface area contributed by atoms with Crippen molar-refractivity contribution in [3.05, 3.63) is 47.5 Å². The van der Waals surface area contributed by atoms with E-state index in [0.717, 1.165) is 0 Å². The number of halogens is 2. The fourth-order valence-electron chi connectivity index (χ4n) is 2.49. The van der Waals surface area contributed by atoms with Crippen LogP contribution < -0.4 is 24.4 Å². The van der Waals surface area contributed by atoms with Crippen molar-refractivity contribution in [3.8, 4) is 23.0 Å². The lowest BCUT2D eigenvalue weighted by Crippen LogP contribution is -2.18. The summed E-state index contributed by atoms with van der Waals surface area (Å²) in [6.07, 6.45) is 1.38. The molecule has 1 amide bonds. The van der Waals surface area contributed by atoms with Gasteiger partial charge < -0.3 is 18.9 Å². The zero-order chi connectivity index (χ0) is 21.9. The van der Waals surface area contributed by atoms with Gasteiger partial charge in [-0.3, -0.25) is 4.79 Å². The van der Waals surface area contributed by atoms with Gasteiger partial charge >= 0.3 is 6.61 Å². The van der Waals surface area contributed by atoms with Crippen molar-refractivity contribution in [3.63, 3.8) is 0 Å². The first kappa shape index (κ1) is 22.9. The Morgan fingerprint density at radius 1 is 1.00 bits per heavy atom. The van der Waals surface area contributed by atoms with Gasteiger partial charge in [0.2, 0.25) is 5.75 Å². The Hall–Kier alpha value is -3.36. The van der Waals surface area contributed by atoms with Crippen molar-refractivity contribution in [2.45, 2.75) is 27.4 Å². The van der Waals surface area contributed by atoms with E-state index in [1.807, 2.05) is 20.8 Å². The third kappa shape index (κ3) is 6.61. The number of ether oxygens (including phenoxy) is 4. The minimum atomic E-state index is -2.89. The third-order valence-corrected chi connectivity index (χ3v) is 3.66. The summed E-state index contributed by atoms with van der Waals surface area (Å²) in [6.45, 7) is 3.79. The van der Waals surface area contributed by atoms with E-state index in [1.165, 1.54) is 30.5 Å². The molecule has 0 bridgehead atoms. The van der Waals surface area contributed by atoms with Crippen molar-refractivity contribution in [2.75, 3.05) is 19.8 Å². The Bertz CT molecular complexity index is 830. The lowest BCUT2D eigenvalue weighted by atomic mass is 10.1. The molecule has 7 nitrogen and oxygen atoms in total. The highest BCUT2D eigenvalue weighted by Gasteiger charge is 2.18. The first-order valence-corrected chi connectivity index (χ1v) is 9.43. The number of benzene rings is 2. The molecule has 0 aliphatic carbocycles. The summed E-state index contributed by atoms with van der Waals surface area (Å²) in [4.78, 5) is 12.5. The molecule has 0 fully saturated rings. The van der Waals surface area contributed by atoms with Crippen LogP contribution >= 0.6 is 0 Å². The zero-order valence-electron chi connectivity index (χ0n) is 17.0. The lowest BCUT2D eigenvalue weighted by Gasteiger charge is -2.16. The number of nitrogens with one attached hydrogen (secondary N) is 1. The van der Waals surface area contributed by atoms with Gasteiger partial charge in [-0.15, -0.1) is 0 Å². The highest BCUT2D eigenvalue weighted by Crippen LogP contribution is 2.39. The van der Waals surface area contributed by atoms with Crippen LogP contribution in [0.4, 0.5) is 8.78 Å². The molecule has 0 aliphatic heterocycles. The summed E-state index contributed by atoms with van der Waals surface area (Å²) < 4.78 is 45.4. The number of hydrazone groups is 1. The van der Waals surface area contributed by atoms with Crippen molar-refractivity contribution < 1.29 is 32.5 Å². The highest BCUT2D eigenvalue weighted by molar-refractivity contribution is 5.96. The third-order valence-electron chi connectivity index (χ3n) is 3.66. The van der Waals surface area contributed by atoms with Gasteiger partial charge in [0, 0.05) is 5.56 Å². The normalized spacial score (nSPS) is 10.9. The summed E-state index contributed by atoms with van der Waals surface area (Å²) >= 11 is 0. The number of alkyl halides is 2. The van der Waals surface area contributed by atoms with Crippen LogP contribution in [0.25, 0.3) is 0 Å². The van der Waals surface area contributed by atoms with Crippen LogP contribution in [-0.4, -0.2) is 38.6 Å². The van der Waals surface area contributed by atoms with E-state index in [-0.39, 0.29) is 11.3 Å². The Morgan fingerprint density at radius 3 is 2.07 bits per heavy atom. The molecule has 0 heterocycles. The molecule has 0 atom stereocenters. The minimum Gasteiger partial charge on any atom is -0.490 e. The maximum Gasteiger partial charge on any atom is 0.387 e. The fraction of sp³-hybridized carbons (Fsp3) is 0.333. The van der Waals surface area contributed by atoms with Crippen LogP contribution in [0.2, 0.25) is 0 Å². The molecule has 2 aromatic rings. The van der Waals surface area contributed by atoms with Crippen LogP contribution in [0.3, 0.4) is 0 Å². The van der Waals surface area contributed by atoms with Gasteiger partial charge in [-0.05, 0) is 62.7 Å². The molecule has 0 aromatic heterocycles. The number of hydrogen-bond acceptors (Lipinski definition) is 6. The summed E-state index contributed by atoms with van der Waals surface area (Å²) in [7, 11) is 0. The summed E-state index contributed by atoms with van der Waals surface area (Å²) in [6, 6.07) is 8.93. The van der Waals surface area contributed by atoms with Crippen molar-refractivity contribution in [1.82, 2.24) is 5.43 Å². The molecular weight excluding hydrogens is 398 g/mol. The number of carbonyl (C=O) groups excluding carboxylic acids is 1. The highest BCUT2D eigenvalue weighted by atomic mass is 19.3. The Morgan fingerprint density at radius 2 is 1.57 bits per heavy atom. The van der Waals surface area contributed by atoms with E-state index < -0.39 is 12.5 Å². The van der Waals surface area contributed by atoms with E-state index in [1.54, 1.807) is 12.1 Å². The predicted molar refractivity (Wildman–Crippen MR) is 108 cm³/mol. The van der Waals surface area contributed by atoms with Crippen LogP contribution in [-0.2, 0) is 0 Å². The number of carbonyl (C=O) groups is 1. The van der Waals surface area contributed by atoms with Crippen LogP contribution in [0.1, 0.15) is 36.7 Å². The fourth-order valence-corrected chi connectivity index (χ4v) is 2.49. The van der Waals surface area contributed by atoms with Gasteiger partial charge in [0.15, 0.2) is 11.5 Å². The summed E-state index contributed by atoms with van der Waals surface area (Å²) in [5, 5.41) is 3.89. The Labute approximate surface area is 173 Å². The second kappa shape index (κ2) is 11.6. The molecule has 30 heavy (non-hydrogen) atoms. The molecule has 0 unspecified atom stereocenters. The number of amides is 1. The minimum absolute atomic E-state index is 0.0347. The standard InChI is InChI=1S/C21H24F2N2O5/c1-4-27-17-11-15(12-18(28-5-2)19(17)29-6-3)20(26)25-24-13-14-7-9-16(10-8-14)30-21(22)23/h7-13,21H,4-6H2,1-3H3,(H,25,26)/b24-13+. The second-order valence-corrected chi connectivity index (χ2v) is 5.75. The average molecular weight is 422 g/mol. The van der Waals surface area contributed by atoms with Gasteiger partial charge in [0.05, 0.1) is 26.0 Å². The summed E-state index contributed by atoms with van der Waals surface area (Å²) in [5.41, 5.74) is 3.28. The van der Waals surface area contributed by atoms with Crippen molar-refractivity contribution in [1.29, 1.82) is 0 Å². The van der Waals surface area contributed by atoms with E-state index in [2.05, 4.69) is 15.3 Å². The molecule has 0 radical (unpaired) electrons. The Kier molecular flexibility index (Phi) is 8.86. The van der Waals surface area contributed by atoms with E-state index >= 15 is 0 Å². The average Bonchev–Trinajstić information content (AvgIpc) is 2.71. The van der Waals surface area contributed by atoms with Gasteiger partial charge in [-0.2, -0.15) is 13.9 Å². The predicted octanol–water partition coefficient (Wildman–Crippen LogP) is 4.25. The first-order chi connectivity index (χ1) is 14.5. The van der Waals surface area contributed by atoms with Crippen molar-refractivity contribution in [2.24, 2.45) is 5.10 Å². The van der Waals surface area contributed by atoms with E-state index in [9.17, 15) is 13.6 Å². The van der Waals surface area contributed by atoms with E-state index in [4.69, 9.17) is 14.2 Å². The summed E-state index contributed by atoms with van der Waals surface area (Å²) in [5.74, 6) is 0.789. The molecule has 0 saturated heterocycles. The van der Waals surface area contributed by atoms with Crippen LogP contribution in [0, 0.1) is 0 Å². The molecular formula is C21H24F2N2O5. The van der Waals surface area contributed by atoms with Crippen molar-refractivity contribution >= 4 is 12.1 Å². The van der Waals surface area contributed by atoms with Gasteiger partial charge in [0.25, 0.3) is 5.91 Å².